The normalized spacial score (nSPS) is 14.3. The third kappa shape index (κ3) is 6.42. The lowest BCUT2D eigenvalue weighted by Crippen LogP contribution is -2.54. The second kappa shape index (κ2) is 11.8. The smallest absolute Gasteiger partial charge is 0.335 e. The Hall–Kier alpha value is -4.70. The highest BCUT2D eigenvalue weighted by atomic mass is 35.5. The fourth-order valence-electron chi connectivity index (χ4n) is 3.66. The van der Waals surface area contributed by atoms with Gasteiger partial charge in [-0.25, -0.2) is 14.1 Å². The Morgan fingerprint density at radius 3 is 2.46 bits per heavy atom. The Labute approximate surface area is 228 Å². The summed E-state index contributed by atoms with van der Waals surface area (Å²) in [6.07, 6.45) is 1.32. The second-order valence-corrected chi connectivity index (χ2v) is 8.78. The van der Waals surface area contributed by atoms with Gasteiger partial charge in [-0.2, -0.15) is 0 Å². The van der Waals surface area contributed by atoms with Gasteiger partial charge in [0.2, 0.25) is 0 Å². The summed E-state index contributed by atoms with van der Waals surface area (Å²) < 4.78 is 24.3. The van der Waals surface area contributed by atoms with Crippen molar-refractivity contribution in [2.45, 2.75) is 13.8 Å². The van der Waals surface area contributed by atoms with Crippen LogP contribution in [0.15, 0.2) is 66.2 Å². The molecule has 0 aliphatic carbocycles. The zero-order valence-electron chi connectivity index (χ0n) is 20.9. The van der Waals surface area contributed by atoms with Crippen molar-refractivity contribution in [3.8, 4) is 11.5 Å². The number of urea groups is 1. The van der Waals surface area contributed by atoms with Gasteiger partial charge in [0.25, 0.3) is 17.7 Å². The zero-order valence-corrected chi connectivity index (χ0v) is 21.7. The summed E-state index contributed by atoms with van der Waals surface area (Å²) in [6, 6.07) is 13.7. The molecule has 1 heterocycles. The van der Waals surface area contributed by atoms with Crippen molar-refractivity contribution in [1.29, 1.82) is 0 Å². The van der Waals surface area contributed by atoms with E-state index < -0.39 is 29.6 Å². The molecule has 39 heavy (non-hydrogen) atoms. The van der Waals surface area contributed by atoms with Crippen LogP contribution in [-0.4, -0.2) is 37.0 Å². The van der Waals surface area contributed by atoms with Crippen molar-refractivity contribution in [3.63, 3.8) is 0 Å². The summed E-state index contributed by atoms with van der Waals surface area (Å²) in [4.78, 5) is 51.3. The predicted octanol–water partition coefficient (Wildman–Crippen LogP) is 4.87. The van der Waals surface area contributed by atoms with E-state index in [9.17, 15) is 23.6 Å². The highest BCUT2D eigenvalue weighted by molar-refractivity contribution is 6.39. The molecule has 4 rings (SSSR count). The number of benzene rings is 3. The van der Waals surface area contributed by atoms with Gasteiger partial charge in [-0.3, -0.25) is 19.7 Å². The van der Waals surface area contributed by atoms with E-state index in [0.29, 0.717) is 16.3 Å². The third-order valence-corrected chi connectivity index (χ3v) is 5.99. The highest BCUT2D eigenvalue weighted by Gasteiger charge is 2.37. The predicted molar refractivity (Wildman–Crippen MR) is 143 cm³/mol. The lowest BCUT2D eigenvalue weighted by molar-refractivity contribution is -0.122. The molecular formula is C28H23ClFN3O6. The summed E-state index contributed by atoms with van der Waals surface area (Å²) in [5.41, 5.74) is 1.52. The first-order chi connectivity index (χ1) is 18.7. The van der Waals surface area contributed by atoms with Gasteiger partial charge < -0.3 is 14.8 Å². The molecule has 0 aromatic heterocycles. The van der Waals surface area contributed by atoms with Crippen molar-refractivity contribution in [2.75, 3.05) is 23.4 Å². The molecule has 1 fully saturated rings. The van der Waals surface area contributed by atoms with Gasteiger partial charge in [0.15, 0.2) is 18.1 Å². The Morgan fingerprint density at radius 2 is 1.77 bits per heavy atom. The van der Waals surface area contributed by atoms with Gasteiger partial charge in [0, 0.05) is 10.7 Å². The Balaban J connectivity index is 1.54. The number of nitrogens with zero attached hydrogens (tertiary/aromatic N) is 1. The minimum Gasteiger partial charge on any atom is -0.490 e. The van der Waals surface area contributed by atoms with Crippen molar-refractivity contribution >= 4 is 52.8 Å². The van der Waals surface area contributed by atoms with Crippen molar-refractivity contribution in [2.24, 2.45) is 0 Å². The molecule has 1 aliphatic heterocycles. The van der Waals surface area contributed by atoms with Crippen LogP contribution in [0.4, 0.5) is 20.6 Å². The number of hydrogen-bond donors (Lipinski definition) is 2. The zero-order chi connectivity index (χ0) is 28.1. The topological polar surface area (TPSA) is 114 Å². The van der Waals surface area contributed by atoms with Crippen LogP contribution in [0.3, 0.4) is 0 Å². The van der Waals surface area contributed by atoms with Gasteiger partial charge in [0.05, 0.1) is 12.3 Å². The maximum Gasteiger partial charge on any atom is 0.335 e. The number of barbiturate groups is 1. The largest absolute Gasteiger partial charge is 0.490 e. The monoisotopic (exact) mass is 551 g/mol. The third-order valence-electron chi connectivity index (χ3n) is 5.58. The molecule has 0 unspecified atom stereocenters. The van der Waals surface area contributed by atoms with E-state index in [1.165, 1.54) is 48.5 Å². The first kappa shape index (κ1) is 27.3. The molecule has 1 saturated heterocycles. The quantitative estimate of drug-likeness (QED) is 0.305. The standard InChI is InChI=1S/C28H23ClFN3O6/c1-3-38-24-13-17(5-11-23(24)39-15-25(34)31-19-8-6-18(30)7-9-19)12-21-26(35)32-28(37)33(27(21)36)20-10-4-16(2)22(29)14-20/h4-14H,3,15H2,1-2H3,(H,31,34)(H,32,35,37)/b21-12+. The molecule has 0 saturated carbocycles. The molecule has 0 bridgehead atoms. The average molecular weight is 552 g/mol. The number of amides is 5. The van der Waals surface area contributed by atoms with Crippen molar-refractivity contribution in [1.82, 2.24) is 5.32 Å². The lowest BCUT2D eigenvalue weighted by Gasteiger charge is -2.26. The van der Waals surface area contributed by atoms with Crippen LogP contribution in [0, 0.1) is 12.7 Å². The Bertz CT molecular complexity index is 1490. The minimum atomic E-state index is -0.889. The maximum atomic E-state index is 13.2. The number of nitrogens with one attached hydrogen (secondary N) is 2. The van der Waals surface area contributed by atoms with Crippen molar-refractivity contribution < 1.29 is 33.0 Å². The number of carbonyl (C=O) groups excluding carboxylic acids is 4. The van der Waals surface area contributed by atoms with Gasteiger partial charge in [-0.1, -0.05) is 23.7 Å². The summed E-state index contributed by atoms with van der Waals surface area (Å²) in [7, 11) is 0. The number of imide groups is 2. The van der Waals surface area contributed by atoms with Crippen LogP contribution in [0.2, 0.25) is 5.02 Å². The number of ether oxygens (including phenoxy) is 2. The van der Waals surface area contributed by atoms with Gasteiger partial charge in [0.1, 0.15) is 11.4 Å². The van der Waals surface area contributed by atoms with Gasteiger partial charge >= 0.3 is 6.03 Å². The van der Waals surface area contributed by atoms with Gasteiger partial charge in [-0.15, -0.1) is 0 Å². The van der Waals surface area contributed by atoms with Crippen LogP contribution in [0.25, 0.3) is 6.08 Å². The van der Waals surface area contributed by atoms with Gasteiger partial charge in [-0.05, 0) is 79.6 Å². The number of rotatable bonds is 8. The molecular weight excluding hydrogens is 529 g/mol. The fraction of sp³-hybridized carbons (Fsp3) is 0.143. The van der Waals surface area contributed by atoms with E-state index in [4.69, 9.17) is 21.1 Å². The van der Waals surface area contributed by atoms with E-state index >= 15 is 0 Å². The number of aryl methyl sites for hydroxylation is 1. The molecule has 2 N–H and O–H groups in total. The molecule has 3 aromatic carbocycles. The summed E-state index contributed by atoms with van der Waals surface area (Å²) >= 11 is 6.16. The van der Waals surface area contributed by atoms with E-state index in [1.807, 2.05) is 0 Å². The summed E-state index contributed by atoms with van der Waals surface area (Å²) in [5.74, 6) is -2.05. The van der Waals surface area contributed by atoms with Crippen LogP contribution >= 0.6 is 11.6 Å². The Morgan fingerprint density at radius 1 is 1.03 bits per heavy atom. The summed E-state index contributed by atoms with van der Waals surface area (Å²) in [5, 5.41) is 5.11. The average Bonchev–Trinajstić information content (AvgIpc) is 2.89. The molecule has 0 spiro atoms. The molecule has 200 valence electrons. The highest BCUT2D eigenvalue weighted by Crippen LogP contribution is 2.31. The molecule has 5 amide bonds. The molecule has 1 aliphatic rings. The lowest BCUT2D eigenvalue weighted by atomic mass is 10.1. The second-order valence-electron chi connectivity index (χ2n) is 8.37. The first-order valence-electron chi connectivity index (χ1n) is 11.8. The van der Waals surface area contributed by atoms with Crippen molar-refractivity contribution in [3.05, 3.63) is 88.2 Å². The SMILES string of the molecule is CCOc1cc(/C=C2\C(=O)NC(=O)N(c3ccc(C)c(Cl)c3)C2=O)ccc1OCC(=O)Nc1ccc(F)cc1. The Kier molecular flexibility index (Phi) is 8.26. The van der Waals surface area contributed by atoms with Crippen LogP contribution < -0.4 is 25.0 Å². The summed E-state index contributed by atoms with van der Waals surface area (Å²) in [6.45, 7) is 3.45. The molecule has 3 aromatic rings. The molecule has 0 atom stereocenters. The van der Waals surface area contributed by atoms with Crippen LogP contribution in [-0.2, 0) is 14.4 Å². The number of anilines is 2. The number of halogens is 2. The maximum absolute atomic E-state index is 13.2. The first-order valence-corrected chi connectivity index (χ1v) is 12.2. The van der Waals surface area contributed by atoms with E-state index in [0.717, 1.165) is 10.5 Å². The number of hydrogen-bond acceptors (Lipinski definition) is 6. The van der Waals surface area contributed by atoms with E-state index in [-0.39, 0.29) is 36.0 Å². The molecule has 9 nitrogen and oxygen atoms in total. The van der Waals surface area contributed by atoms with Crippen LogP contribution in [0.5, 0.6) is 11.5 Å². The molecule has 0 radical (unpaired) electrons. The minimum absolute atomic E-state index is 0.212. The van der Waals surface area contributed by atoms with E-state index in [2.05, 4.69) is 10.6 Å². The van der Waals surface area contributed by atoms with Crippen LogP contribution in [0.1, 0.15) is 18.1 Å². The molecule has 11 heteroatoms. The number of carbonyl (C=O) groups is 4. The van der Waals surface area contributed by atoms with E-state index in [1.54, 1.807) is 32.0 Å². The fourth-order valence-corrected chi connectivity index (χ4v) is 3.83.